The van der Waals surface area contributed by atoms with Crippen LogP contribution in [0.1, 0.15) is 17.5 Å². The second kappa shape index (κ2) is 8.22. The molecule has 2 aromatic carbocycles. The van der Waals surface area contributed by atoms with Crippen LogP contribution in [-0.2, 0) is 17.6 Å². The number of hydrogen-bond acceptors (Lipinski definition) is 5. The molecule has 0 bridgehead atoms. The van der Waals surface area contributed by atoms with E-state index >= 15 is 0 Å². The Hall–Kier alpha value is -2.54. The van der Waals surface area contributed by atoms with Crippen molar-refractivity contribution in [3.63, 3.8) is 0 Å². The molecule has 0 unspecified atom stereocenters. The van der Waals surface area contributed by atoms with Crippen LogP contribution in [0.5, 0.6) is 0 Å². The number of nitro groups is 1. The molecule has 146 valence electrons. The number of anilines is 1. The molecule has 2 aliphatic rings. The van der Waals surface area contributed by atoms with E-state index in [1.807, 2.05) is 4.90 Å². The van der Waals surface area contributed by atoms with E-state index in [1.165, 1.54) is 41.0 Å². The fourth-order valence-corrected chi connectivity index (χ4v) is 4.74. The SMILES string of the molecule is O=C(CSc1ccc2c(c1)CCC2)N1CCN(c2ccc([N+](=O)[O-])cc2)CC1. The van der Waals surface area contributed by atoms with E-state index in [-0.39, 0.29) is 16.5 Å². The highest BCUT2D eigenvalue weighted by Crippen LogP contribution is 2.28. The average molecular weight is 398 g/mol. The first-order valence-corrected chi connectivity index (χ1v) is 10.6. The second-order valence-corrected chi connectivity index (χ2v) is 8.26. The molecule has 1 aliphatic carbocycles. The summed E-state index contributed by atoms with van der Waals surface area (Å²) in [5.41, 5.74) is 3.96. The van der Waals surface area contributed by atoms with Gasteiger partial charge in [-0.3, -0.25) is 14.9 Å². The molecule has 0 spiro atoms. The fourth-order valence-electron chi connectivity index (χ4n) is 3.87. The lowest BCUT2D eigenvalue weighted by atomic mass is 10.1. The minimum Gasteiger partial charge on any atom is -0.368 e. The van der Waals surface area contributed by atoms with Crippen LogP contribution in [0.3, 0.4) is 0 Å². The molecule has 28 heavy (non-hydrogen) atoms. The highest BCUT2D eigenvalue weighted by molar-refractivity contribution is 8.00. The Kier molecular flexibility index (Phi) is 5.52. The number of nitrogens with zero attached hydrogens (tertiary/aromatic N) is 3. The molecule has 1 saturated heterocycles. The molecule has 1 amide bonds. The number of carbonyl (C=O) groups excluding carboxylic acids is 1. The lowest BCUT2D eigenvalue weighted by Crippen LogP contribution is -2.49. The molecule has 1 fully saturated rings. The van der Waals surface area contributed by atoms with Crippen molar-refractivity contribution < 1.29 is 9.72 Å². The third-order valence-corrected chi connectivity index (χ3v) is 6.47. The van der Waals surface area contributed by atoms with E-state index in [0.717, 1.165) is 25.2 Å². The van der Waals surface area contributed by atoms with Crippen LogP contribution in [0.25, 0.3) is 0 Å². The largest absolute Gasteiger partial charge is 0.368 e. The molecule has 0 N–H and O–H groups in total. The minimum atomic E-state index is -0.390. The number of thioether (sulfide) groups is 1. The van der Waals surface area contributed by atoms with Crippen molar-refractivity contribution >= 4 is 29.0 Å². The van der Waals surface area contributed by atoms with Gasteiger partial charge in [-0.2, -0.15) is 0 Å². The van der Waals surface area contributed by atoms with Gasteiger partial charge in [-0.05, 0) is 54.7 Å². The van der Waals surface area contributed by atoms with Gasteiger partial charge >= 0.3 is 0 Å². The standard InChI is InChI=1S/C21H23N3O3S/c25-21(15-28-20-9-4-16-2-1-3-17(16)14-20)23-12-10-22(11-13-23)18-5-7-19(8-6-18)24(26)27/h4-9,14H,1-3,10-13,15H2. The van der Waals surface area contributed by atoms with Gasteiger partial charge in [0.05, 0.1) is 10.7 Å². The van der Waals surface area contributed by atoms with Crippen molar-refractivity contribution in [3.8, 4) is 0 Å². The van der Waals surface area contributed by atoms with Crippen molar-refractivity contribution in [3.05, 3.63) is 63.7 Å². The van der Waals surface area contributed by atoms with Crippen LogP contribution in [0, 0.1) is 10.1 Å². The Morgan fingerprint density at radius 1 is 1.00 bits per heavy atom. The Morgan fingerprint density at radius 3 is 2.43 bits per heavy atom. The molecule has 1 heterocycles. The first-order chi connectivity index (χ1) is 13.6. The Balaban J connectivity index is 1.27. The highest BCUT2D eigenvalue weighted by Gasteiger charge is 2.22. The van der Waals surface area contributed by atoms with Crippen molar-refractivity contribution in [1.29, 1.82) is 0 Å². The normalized spacial score (nSPS) is 16.1. The third-order valence-electron chi connectivity index (χ3n) is 5.49. The summed E-state index contributed by atoms with van der Waals surface area (Å²) >= 11 is 1.62. The summed E-state index contributed by atoms with van der Waals surface area (Å²) in [4.78, 5) is 28.2. The van der Waals surface area contributed by atoms with Crippen LogP contribution in [0.2, 0.25) is 0 Å². The van der Waals surface area contributed by atoms with Crippen LogP contribution >= 0.6 is 11.8 Å². The number of nitro benzene ring substituents is 1. The molecule has 6 nitrogen and oxygen atoms in total. The van der Waals surface area contributed by atoms with Crippen molar-refractivity contribution in [2.24, 2.45) is 0 Å². The topological polar surface area (TPSA) is 66.7 Å². The molecule has 2 aromatic rings. The number of carbonyl (C=O) groups is 1. The quantitative estimate of drug-likeness (QED) is 0.439. The lowest BCUT2D eigenvalue weighted by molar-refractivity contribution is -0.384. The van der Waals surface area contributed by atoms with Gasteiger partial charge in [0.1, 0.15) is 0 Å². The van der Waals surface area contributed by atoms with E-state index in [9.17, 15) is 14.9 Å². The predicted molar refractivity (Wildman–Crippen MR) is 111 cm³/mol. The molecule has 4 rings (SSSR count). The summed E-state index contributed by atoms with van der Waals surface area (Å²) in [6.45, 7) is 2.85. The summed E-state index contributed by atoms with van der Waals surface area (Å²) in [5, 5.41) is 10.8. The van der Waals surface area contributed by atoms with E-state index in [1.54, 1.807) is 23.9 Å². The second-order valence-electron chi connectivity index (χ2n) is 7.21. The number of piperazine rings is 1. The van der Waals surface area contributed by atoms with Crippen LogP contribution in [0.15, 0.2) is 47.4 Å². The maximum atomic E-state index is 12.6. The number of non-ortho nitro benzene ring substituents is 1. The van der Waals surface area contributed by atoms with E-state index in [0.29, 0.717) is 18.8 Å². The highest BCUT2D eigenvalue weighted by atomic mass is 32.2. The lowest BCUT2D eigenvalue weighted by Gasteiger charge is -2.36. The van der Waals surface area contributed by atoms with Gasteiger partial charge in [0.15, 0.2) is 0 Å². The zero-order chi connectivity index (χ0) is 19.5. The van der Waals surface area contributed by atoms with Gasteiger partial charge in [-0.15, -0.1) is 11.8 Å². The number of aryl methyl sites for hydroxylation is 2. The third kappa shape index (κ3) is 4.14. The Labute approximate surface area is 168 Å². The van der Waals surface area contributed by atoms with Gasteiger partial charge < -0.3 is 9.80 Å². The first kappa shape index (κ1) is 18.8. The molecule has 0 aromatic heterocycles. The van der Waals surface area contributed by atoms with Gasteiger partial charge in [0.2, 0.25) is 5.91 Å². The number of rotatable bonds is 5. The van der Waals surface area contributed by atoms with Crippen LogP contribution < -0.4 is 4.90 Å². The number of hydrogen-bond donors (Lipinski definition) is 0. The molecular weight excluding hydrogens is 374 g/mol. The molecule has 0 radical (unpaired) electrons. The van der Waals surface area contributed by atoms with Gasteiger partial charge in [0.25, 0.3) is 5.69 Å². The maximum absolute atomic E-state index is 12.6. The van der Waals surface area contributed by atoms with Crippen molar-refractivity contribution in [1.82, 2.24) is 4.90 Å². The number of fused-ring (bicyclic) bond motifs is 1. The van der Waals surface area contributed by atoms with Gasteiger partial charge in [-0.1, -0.05) is 6.07 Å². The molecular formula is C21H23N3O3S. The Bertz CT molecular complexity index is 877. The smallest absolute Gasteiger partial charge is 0.269 e. The zero-order valence-corrected chi connectivity index (χ0v) is 16.5. The summed E-state index contributed by atoms with van der Waals surface area (Å²) in [6.07, 6.45) is 3.57. The first-order valence-electron chi connectivity index (χ1n) is 9.62. The molecule has 0 saturated carbocycles. The van der Waals surface area contributed by atoms with Crippen LogP contribution in [0.4, 0.5) is 11.4 Å². The minimum absolute atomic E-state index is 0.0983. The monoisotopic (exact) mass is 397 g/mol. The molecule has 0 atom stereocenters. The summed E-state index contributed by atoms with van der Waals surface area (Å²) in [7, 11) is 0. The van der Waals surface area contributed by atoms with Crippen molar-refractivity contribution in [2.75, 3.05) is 36.8 Å². The van der Waals surface area contributed by atoms with E-state index in [4.69, 9.17) is 0 Å². The summed E-state index contributed by atoms with van der Waals surface area (Å²) in [5.74, 6) is 0.643. The average Bonchev–Trinajstić information content (AvgIpc) is 3.20. The fraction of sp³-hybridized carbons (Fsp3) is 0.381. The molecule has 7 heteroatoms. The van der Waals surface area contributed by atoms with Crippen molar-refractivity contribution in [2.45, 2.75) is 24.2 Å². The van der Waals surface area contributed by atoms with Gasteiger partial charge in [0, 0.05) is 48.9 Å². The number of benzene rings is 2. The Morgan fingerprint density at radius 2 is 1.71 bits per heavy atom. The number of amides is 1. The predicted octanol–water partition coefficient (Wildman–Crippen LogP) is 3.52. The van der Waals surface area contributed by atoms with E-state index < -0.39 is 0 Å². The summed E-state index contributed by atoms with van der Waals surface area (Å²) in [6, 6.07) is 13.2. The van der Waals surface area contributed by atoms with Crippen LogP contribution in [-0.4, -0.2) is 47.7 Å². The van der Waals surface area contributed by atoms with Gasteiger partial charge in [-0.25, -0.2) is 0 Å². The summed E-state index contributed by atoms with van der Waals surface area (Å²) < 4.78 is 0. The maximum Gasteiger partial charge on any atom is 0.269 e. The van der Waals surface area contributed by atoms with E-state index in [2.05, 4.69) is 23.1 Å². The molecule has 1 aliphatic heterocycles. The zero-order valence-electron chi connectivity index (χ0n) is 15.7.